The zero-order chi connectivity index (χ0) is 24.5. The quantitative estimate of drug-likeness (QED) is 0.443. The van der Waals surface area contributed by atoms with Gasteiger partial charge in [0.05, 0.1) is 5.52 Å². The number of hydrogen-bond acceptors (Lipinski definition) is 4. The van der Waals surface area contributed by atoms with E-state index in [2.05, 4.69) is 15.0 Å². The summed E-state index contributed by atoms with van der Waals surface area (Å²) in [4.78, 5) is 16.1. The zero-order valence-corrected chi connectivity index (χ0v) is 18.1. The molecule has 178 valence electrons. The van der Waals surface area contributed by atoms with Crippen molar-refractivity contribution in [3.63, 3.8) is 0 Å². The van der Waals surface area contributed by atoms with Crippen molar-refractivity contribution in [3.8, 4) is 17.1 Å². The molecule has 0 unspecified atom stereocenters. The number of nitrogens with zero attached hydrogens (tertiary/aromatic N) is 2. The summed E-state index contributed by atoms with van der Waals surface area (Å²) in [6, 6.07) is 4.95. The van der Waals surface area contributed by atoms with Crippen LogP contribution in [0.5, 0.6) is 5.75 Å². The molecular weight excluding hydrogens is 447 g/mol. The predicted octanol–water partition coefficient (Wildman–Crippen LogP) is 5.21. The van der Waals surface area contributed by atoms with Crippen molar-refractivity contribution in [1.82, 2.24) is 9.55 Å². The molecule has 3 N–H and O–H groups in total. The molecule has 0 bridgehead atoms. The Hall–Kier alpha value is -3.37. The Bertz CT molecular complexity index is 1160. The summed E-state index contributed by atoms with van der Waals surface area (Å²) in [5, 5.41) is 2.58. The minimum Gasteiger partial charge on any atom is -0.406 e. The number of halogens is 5. The number of rotatable bonds is 8. The third kappa shape index (κ3) is 5.35. The fraction of sp³-hybridized carbons (Fsp3) is 0.364. The van der Waals surface area contributed by atoms with Crippen LogP contribution < -0.4 is 15.8 Å². The number of imidazole rings is 1. The second-order valence-corrected chi connectivity index (χ2v) is 7.90. The Morgan fingerprint density at radius 2 is 1.85 bits per heavy atom. The van der Waals surface area contributed by atoms with Crippen LogP contribution in [0.4, 0.5) is 27.6 Å². The molecule has 1 aromatic heterocycles. The van der Waals surface area contributed by atoms with Crippen molar-refractivity contribution in [1.29, 1.82) is 0 Å². The molecule has 0 saturated heterocycles. The van der Waals surface area contributed by atoms with Crippen LogP contribution in [0.3, 0.4) is 0 Å². The number of hydrogen-bond donors (Lipinski definition) is 2. The minimum atomic E-state index is -4.83. The molecule has 3 aromatic rings. The molecule has 3 rings (SSSR count). The summed E-state index contributed by atoms with van der Waals surface area (Å²) >= 11 is 0. The number of amides is 1. The lowest BCUT2D eigenvalue weighted by molar-refractivity contribution is -0.274. The van der Waals surface area contributed by atoms with Gasteiger partial charge in [0.25, 0.3) is 0 Å². The molecule has 0 aliphatic rings. The maximum Gasteiger partial charge on any atom is 0.573 e. The van der Waals surface area contributed by atoms with Gasteiger partial charge in [-0.15, -0.1) is 13.2 Å². The summed E-state index contributed by atoms with van der Waals surface area (Å²) < 4.78 is 72.8. The largest absolute Gasteiger partial charge is 0.573 e. The van der Waals surface area contributed by atoms with E-state index in [1.165, 1.54) is 16.7 Å². The number of fused-ring (bicyclic) bond motifs is 1. The first kappa shape index (κ1) is 24.3. The monoisotopic (exact) mass is 470 g/mol. The van der Waals surface area contributed by atoms with Gasteiger partial charge in [0, 0.05) is 18.2 Å². The van der Waals surface area contributed by atoms with E-state index >= 15 is 4.39 Å². The third-order valence-electron chi connectivity index (χ3n) is 4.96. The first-order chi connectivity index (χ1) is 15.4. The zero-order valence-electron chi connectivity index (χ0n) is 18.1. The van der Waals surface area contributed by atoms with Crippen LogP contribution in [0.25, 0.3) is 22.4 Å². The van der Waals surface area contributed by atoms with Gasteiger partial charge in [0.1, 0.15) is 28.8 Å². The van der Waals surface area contributed by atoms with Crippen LogP contribution >= 0.6 is 0 Å². The van der Waals surface area contributed by atoms with Gasteiger partial charge in [0.15, 0.2) is 11.6 Å². The fourth-order valence-corrected chi connectivity index (χ4v) is 3.58. The Balaban J connectivity index is 2.06. The normalized spacial score (nSPS) is 12.9. The van der Waals surface area contributed by atoms with Crippen LogP contribution in [0.15, 0.2) is 30.3 Å². The number of primary amides is 1. The smallest absolute Gasteiger partial charge is 0.406 e. The van der Waals surface area contributed by atoms with E-state index in [0.717, 1.165) is 18.2 Å². The molecular formula is C22H23F5N4O2. The summed E-state index contributed by atoms with van der Waals surface area (Å²) in [6.07, 6.45) is -4.56. The average Bonchev–Trinajstić information content (AvgIpc) is 3.07. The van der Waals surface area contributed by atoms with Crippen molar-refractivity contribution in [2.24, 2.45) is 11.7 Å². The van der Waals surface area contributed by atoms with Crippen molar-refractivity contribution in [3.05, 3.63) is 42.0 Å². The van der Waals surface area contributed by atoms with Crippen LogP contribution in [-0.4, -0.2) is 27.9 Å². The highest BCUT2D eigenvalue weighted by Gasteiger charge is 2.31. The topological polar surface area (TPSA) is 82.2 Å². The molecule has 11 heteroatoms. The minimum absolute atomic E-state index is 0.0141. The second kappa shape index (κ2) is 9.24. The molecule has 6 nitrogen and oxygen atoms in total. The van der Waals surface area contributed by atoms with E-state index in [-0.39, 0.29) is 35.7 Å². The van der Waals surface area contributed by atoms with E-state index in [9.17, 15) is 22.4 Å². The SMILES string of the molecule is CCn1c(-c2ccc(OC(F)(F)F)cc2)nc2cc(F)c(N[C@@H](CC(C)C)C(N)=O)c(F)c21. The fourth-order valence-electron chi connectivity index (χ4n) is 3.58. The van der Waals surface area contributed by atoms with E-state index in [4.69, 9.17) is 5.73 Å². The number of carbonyl (C=O) groups excluding carboxylic acids is 1. The number of aryl methyl sites for hydroxylation is 1. The Morgan fingerprint density at radius 1 is 1.21 bits per heavy atom. The lowest BCUT2D eigenvalue weighted by Gasteiger charge is -2.20. The first-order valence-corrected chi connectivity index (χ1v) is 10.2. The Kier molecular flexibility index (Phi) is 6.80. The van der Waals surface area contributed by atoms with Gasteiger partial charge in [-0.25, -0.2) is 13.8 Å². The molecule has 0 saturated carbocycles. The number of benzene rings is 2. The maximum atomic E-state index is 15.5. The van der Waals surface area contributed by atoms with Gasteiger partial charge in [-0.1, -0.05) is 13.8 Å². The lowest BCUT2D eigenvalue weighted by Crippen LogP contribution is -2.37. The van der Waals surface area contributed by atoms with Gasteiger partial charge in [0.2, 0.25) is 5.91 Å². The van der Waals surface area contributed by atoms with E-state index < -0.39 is 41.4 Å². The highest BCUT2D eigenvalue weighted by molar-refractivity contribution is 5.87. The number of carbonyl (C=O) groups is 1. The predicted molar refractivity (Wildman–Crippen MR) is 114 cm³/mol. The summed E-state index contributed by atoms with van der Waals surface area (Å²) in [7, 11) is 0. The molecule has 0 aliphatic heterocycles. The van der Waals surface area contributed by atoms with Crippen LogP contribution in [0.1, 0.15) is 27.2 Å². The summed E-state index contributed by atoms with van der Waals surface area (Å²) in [5.41, 5.74) is 5.27. The number of anilines is 1. The molecule has 0 aliphatic carbocycles. The van der Waals surface area contributed by atoms with Gasteiger partial charge >= 0.3 is 6.36 Å². The molecule has 1 amide bonds. The second-order valence-electron chi connectivity index (χ2n) is 7.90. The Morgan fingerprint density at radius 3 is 2.36 bits per heavy atom. The molecule has 2 aromatic carbocycles. The molecule has 1 atom stereocenters. The summed E-state index contributed by atoms with van der Waals surface area (Å²) in [6.45, 7) is 5.64. The molecule has 0 radical (unpaired) electrons. The number of alkyl halides is 3. The molecule has 33 heavy (non-hydrogen) atoms. The van der Waals surface area contributed by atoms with Crippen LogP contribution in [0.2, 0.25) is 0 Å². The average molecular weight is 470 g/mol. The van der Waals surface area contributed by atoms with E-state index in [1.54, 1.807) is 6.92 Å². The standard InChI is InChI=1S/C22H23F5N4O2/c1-4-31-19-15(30-21(31)12-5-7-13(8-6-12)33-22(25,26)27)10-14(23)18(17(19)24)29-16(20(28)32)9-11(2)3/h5-8,10-11,16,29H,4,9H2,1-3H3,(H2,28,32)/t16-/m0/s1. The van der Waals surface area contributed by atoms with Crippen molar-refractivity contribution in [2.75, 3.05) is 5.32 Å². The van der Waals surface area contributed by atoms with Crippen molar-refractivity contribution < 1.29 is 31.5 Å². The number of aromatic nitrogens is 2. The van der Waals surface area contributed by atoms with Crippen LogP contribution in [0, 0.1) is 17.6 Å². The molecule has 0 spiro atoms. The van der Waals surface area contributed by atoms with E-state index in [0.29, 0.717) is 5.56 Å². The highest BCUT2D eigenvalue weighted by atomic mass is 19.4. The lowest BCUT2D eigenvalue weighted by atomic mass is 10.0. The number of ether oxygens (including phenoxy) is 1. The molecule has 1 heterocycles. The van der Waals surface area contributed by atoms with Crippen LogP contribution in [-0.2, 0) is 11.3 Å². The van der Waals surface area contributed by atoms with Crippen molar-refractivity contribution in [2.45, 2.75) is 46.1 Å². The van der Waals surface area contributed by atoms with Crippen molar-refractivity contribution >= 4 is 22.6 Å². The number of nitrogens with two attached hydrogens (primary N) is 1. The molecule has 0 fully saturated rings. The van der Waals surface area contributed by atoms with E-state index in [1.807, 2.05) is 13.8 Å². The van der Waals surface area contributed by atoms with Gasteiger partial charge in [-0.2, -0.15) is 0 Å². The number of nitrogens with one attached hydrogen (secondary N) is 1. The van der Waals surface area contributed by atoms with Gasteiger partial charge in [-0.05, 0) is 43.5 Å². The first-order valence-electron chi connectivity index (χ1n) is 10.2. The third-order valence-corrected chi connectivity index (χ3v) is 4.96. The highest BCUT2D eigenvalue weighted by Crippen LogP contribution is 2.33. The summed E-state index contributed by atoms with van der Waals surface area (Å²) in [5.74, 6) is -2.78. The Labute approximate surface area is 186 Å². The van der Waals surface area contributed by atoms with Gasteiger partial charge < -0.3 is 20.4 Å². The van der Waals surface area contributed by atoms with Gasteiger partial charge in [-0.3, -0.25) is 4.79 Å². The maximum absolute atomic E-state index is 15.5.